The molecule has 0 bridgehead atoms. The minimum atomic E-state index is -0.281. The van der Waals surface area contributed by atoms with Crippen LogP contribution in [0.15, 0.2) is 59.2 Å². The lowest BCUT2D eigenvalue weighted by Crippen LogP contribution is -2.39. The number of hydrogen-bond acceptors (Lipinski definition) is 5. The molecule has 0 N–H and O–H groups in total. The third kappa shape index (κ3) is 3.70. The number of likely N-dealkylation sites (N-methyl/N-ethyl adjacent to an activating group) is 1. The van der Waals surface area contributed by atoms with Gasteiger partial charge < -0.3 is 13.9 Å². The van der Waals surface area contributed by atoms with Crippen molar-refractivity contribution in [3.05, 3.63) is 66.3 Å². The molecular formula is C20H19FN2O3. The molecule has 4 rings (SSSR count). The highest BCUT2D eigenvalue weighted by Gasteiger charge is 2.22. The third-order valence-corrected chi connectivity index (χ3v) is 4.16. The molecule has 3 aromatic rings. The number of fused-ring (bicyclic) bond motifs is 1. The van der Waals surface area contributed by atoms with Crippen molar-refractivity contribution < 1.29 is 18.3 Å². The quantitative estimate of drug-likeness (QED) is 0.698. The van der Waals surface area contributed by atoms with Crippen molar-refractivity contribution >= 4 is 0 Å². The highest BCUT2D eigenvalue weighted by molar-refractivity contribution is 5.52. The van der Waals surface area contributed by atoms with E-state index < -0.39 is 0 Å². The molecule has 2 heterocycles. The summed E-state index contributed by atoms with van der Waals surface area (Å²) in [5.41, 5.74) is 1.56. The van der Waals surface area contributed by atoms with E-state index in [1.54, 1.807) is 18.4 Å². The highest BCUT2D eigenvalue weighted by Crippen LogP contribution is 2.31. The predicted octanol–water partition coefficient (Wildman–Crippen LogP) is 3.75. The molecule has 0 fully saturated rings. The van der Waals surface area contributed by atoms with Crippen LogP contribution in [0.5, 0.6) is 11.5 Å². The molecule has 0 amide bonds. The van der Waals surface area contributed by atoms with Gasteiger partial charge in [-0.25, -0.2) is 9.37 Å². The normalized spacial score (nSPS) is 16.0. The zero-order chi connectivity index (χ0) is 17.9. The first-order chi connectivity index (χ1) is 12.7. The van der Waals surface area contributed by atoms with E-state index >= 15 is 0 Å². The lowest BCUT2D eigenvalue weighted by Gasteiger charge is -2.29. The maximum Gasteiger partial charge on any atom is 0.226 e. The molecule has 0 saturated heterocycles. The van der Waals surface area contributed by atoms with Crippen LogP contribution in [-0.4, -0.2) is 36.2 Å². The van der Waals surface area contributed by atoms with Gasteiger partial charge in [-0.1, -0.05) is 12.1 Å². The van der Waals surface area contributed by atoms with Gasteiger partial charge in [-0.05, 0) is 43.4 Å². The van der Waals surface area contributed by atoms with E-state index in [0.717, 1.165) is 22.8 Å². The summed E-state index contributed by atoms with van der Waals surface area (Å²) in [6, 6.07) is 13.8. The third-order valence-electron chi connectivity index (χ3n) is 4.16. The monoisotopic (exact) mass is 354 g/mol. The van der Waals surface area contributed by atoms with Crippen molar-refractivity contribution in [3.63, 3.8) is 0 Å². The summed E-state index contributed by atoms with van der Waals surface area (Å²) >= 11 is 0. The molecule has 6 heteroatoms. The first-order valence-electron chi connectivity index (χ1n) is 8.45. The van der Waals surface area contributed by atoms with E-state index in [4.69, 9.17) is 13.9 Å². The molecule has 26 heavy (non-hydrogen) atoms. The summed E-state index contributed by atoms with van der Waals surface area (Å²) in [6.45, 7) is 1.83. The first-order valence-corrected chi connectivity index (χ1v) is 8.45. The summed E-state index contributed by atoms with van der Waals surface area (Å²) < 4.78 is 30.2. The van der Waals surface area contributed by atoms with Crippen LogP contribution in [0.25, 0.3) is 11.5 Å². The molecule has 1 aliphatic heterocycles. The Kier molecular flexibility index (Phi) is 4.58. The fourth-order valence-corrected chi connectivity index (χ4v) is 2.95. The van der Waals surface area contributed by atoms with Gasteiger partial charge in [0.05, 0.1) is 5.69 Å². The maximum absolute atomic E-state index is 13.0. The lowest BCUT2D eigenvalue weighted by atomic mass is 10.2. The van der Waals surface area contributed by atoms with Crippen LogP contribution in [-0.2, 0) is 6.54 Å². The summed E-state index contributed by atoms with van der Waals surface area (Å²) in [5, 5.41) is 0. The van der Waals surface area contributed by atoms with Gasteiger partial charge in [-0.3, -0.25) is 4.90 Å². The van der Waals surface area contributed by atoms with Gasteiger partial charge in [-0.15, -0.1) is 0 Å². The van der Waals surface area contributed by atoms with Crippen LogP contribution in [0.4, 0.5) is 4.39 Å². The Hall–Kier alpha value is -2.86. The molecule has 0 radical (unpaired) electrons. The number of rotatable bonds is 5. The van der Waals surface area contributed by atoms with Crippen LogP contribution < -0.4 is 9.47 Å². The molecule has 1 aliphatic rings. The van der Waals surface area contributed by atoms with Gasteiger partial charge in [0, 0.05) is 18.7 Å². The number of benzene rings is 2. The summed E-state index contributed by atoms with van der Waals surface area (Å²) in [6.07, 6.45) is 1.58. The summed E-state index contributed by atoms with van der Waals surface area (Å²) in [5.74, 6) is 1.76. The Morgan fingerprint density at radius 2 is 1.88 bits per heavy atom. The lowest BCUT2D eigenvalue weighted by molar-refractivity contribution is 0.0635. The zero-order valence-electron chi connectivity index (χ0n) is 14.4. The number of nitrogens with zero attached hydrogens (tertiary/aromatic N) is 2. The van der Waals surface area contributed by atoms with Crippen molar-refractivity contribution in [2.75, 3.05) is 20.2 Å². The topological polar surface area (TPSA) is 47.7 Å². The van der Waals surface area contributed by atoms with Crippen molar-refractivity contribution in [1.29, 1.82) is 0 Å². The molecule has 1 atom stereocenters. The largest absolute Gasteiger partial charge is 0.486 e. The molecule has 0 spiro atoms. The molecular weight excluding hydrogens is 335 g/mol. The highest BCUT2D eigenvalue weighted by atomic mass is 19.1. The average Bonchev–Trinajstić information content (AvgIpc) is 3.10. The fraction of sp³-hybridized carbons (Fsp3) is 0.250. The van der Waals surface area contributed by atoms with E-state index in [2.05, 4.69) is 9.88 Å². The van der Waals surface area contributed by atoms with Crippen LogP contribution >= 0.6 is 0 Å². The second kappa shape index (κ2) is 7.17. The standard InChI is InChI=1S/C20H19FN2O3/c1-23(11-17-13-24-18-4-2-3-5-19(18)26-17)10-16-12-25-20(22-16)14-6-8-15(21)9-7-14/h2-9,12,17H,10-11,13H2,1H3/t17-/m1/s1. The number of oxazole rings is 1. The Morgan fingerprint density at radius 1 is 1.12 bits per heavy atom. The smallest absolute Gasteiger partial charge is 0.226 e. The number of para-hydroxylation sites is 2. The predicted molar refractivity (Wildman–Crippen MR) is 94.6 cm³/mol. The molecule has 0 unspecified atom stereocenters. The van der Waals surface area contributed by atoms with Crippen LogP contribution in [0.3, 0.4) is 0 Å². The Morgan fingerprint density at radius 3 is 2.69 bits per heavy atom. The van der Waals surface area contributed by atoms with E-state index in [-0.39, 0.29) is 11.9 Å². The number of halogens is 1. The van der Waals surface area contributed by atoms with Crippen molar-refractivity contribution in [3.8, 4) is 23.0 Å². The van der Waals surface area contributed by atoms with Gasteiger partial charge in [0.25, 0.3) is 0 Å². The van der Waals surface area contributed by atoms with Gasteiger partial charge in [0.1, 0.15) is 24.8 Å². The summed E-state index contributed by atoms with van der Waals surface area (Å²) in [7, 11) is 2.00. The molecule has 0 saturated carbocycles. The minimum Gasteiger partial charge on any atom is -0.486 e. The second-order valence-corrected chi connectivity index (χ2v) is 6.35. The van der Waals surface area contributed by atoms with E-state index in [1.807, 2.05) is 31.3 Å². The maximum atomic E-state index is 13.0. The molecule has 0 aliphatic carbocycles. The van der Waals surface area contributed by atoms with Crippen molar-refractivity contribution in [2.45, 2.75) is 12.6 Å². The average molecular weight is 354 g/mol. The van der Waals surface area contributed by atoms with Crippen LogP contribution in [0.2, 0.25) is 0 Å². The first kappa shape index (κ1) is 16.6. The van der Waals surface area contributed by atoms with E-state index in [1.165, 1.54) is 12.1 Å². The molecule has 2 aromatic carbocycles. The molecule has 1 aromatic heterocycles. The van der Waals surface area contributed by atoms with Crippen molar-refractivity contribution in [1.82, 2.24) is 9.88 Å². The molecule has 5 nitrogen and oxygen atoms in total. The summed E-state index contributed by atoms with van der Waals surface area (Å²) in [4.78, 5) is 6.58. The SMILES string of the molecule is CN(Cc1coc(-c2ccc(F)cc2)n1)C[C@@H]1COc2ccccc2O1. The Labute approximate surface area is 151 Å². The Bertz CT molecular complexity index is 879. The second-order valence-electron chi connectivity index (χ2n) is 6.35. The number of aromatic nitrogens is 1. The van der Waals surface area contributed by atoms with Gasteiger partial charge in [-0.2, -0.15) is 0 Å². The van der Waals surface area contributed by atoms with Crippen LogP contribution in [0.1, 0.15) is 5.69 Å². The zero-order valence-corrected chi connectivity index (χ0v) is 14.4. The van der Waals surface area contributed by atoms with Crippen molar-refractivity contribution in [2.24, 2.45) is 0 Å². The molecule has 134 valence electrons. The van der Waals surface area contributed by atoms with E-state index in [0.29, 0.717) is 25.6 Å². The van der Waals surface area contributed by atoms with Gasteiger partial charge >= 0.3 is 0 Å². The minimum absolute atomic E-state index is 0.0432. The van der Waals surface area contributed by atoms with E-state index in [9.17, 15) is 4.39 Å². The number of hydrogen-bond donors (Lipinski definition) is 0. The van der Waals surface area contributed by atoms with Crippen LogP contribution in [0, 0.1) is 5.82 Å². The Balaban J connectivity index is 1.35. The van der Waals surface area contributed by atoms with Gasteiger partial charge in [0.15, 0.2) is 11.5 Å². The van der Waals surface area contributed by atoms with Gasteiger partial charge in [0.2, 0.25) is 5.89 Å². The number of ether oxygens (including phenoxy) is 2. The fourth-order valence-electron chi connectivity index (χ4n) is 2.95.